The number of aryl methyl sites for hydroxylation is 2. The molecular weight excluding hydrogens is 436 g/mol. The SMILES string of the molecule is Cc1cccc2sc(N(CCCn3ccnc3)C(=O)c3cccc(Br)c3)nc12. The van der Waals surface area contributed by atoms with E-state index in [4.69, 9.17) is 4.98 Å². The number of imidazole rings is 1. The van der Waals surface area contributed by atoms with Crippen LogP contribution in [0.15, 0.2) is 65.7 Å². The van der Waals surface area contributed by atoms with Crippen LogP contribution in [-0.2, 0) is 6.54 Å². The van der Waals surface area contributed by atoms with Crippen molar-refractivity contribution in [1.82, 2.24) is 14.5 Å². The molecule has 2 heterocycles. The van der Waals surface area contributed by atoms with Crippen LogP contribution in [0.2, 0.25) is 0 Å². The lowest BCUT2D eigenvalue weighted by Crippen LogP contribution is -2.32. The highest BCUT2D eigenvalue weighted by Gasteiger charge is 2.21. The lowest BCUT2D eigenvalue weighted by molar-refractivity contribution is 0.0986. The number of carbonyl (C=O) groups excluding carboxylic acids is 1. The van der Waals surface area contributed by atoms with E-state index in [1.807, 2.05) is 54.1 Å². The van der Waals surface area contributed by atoms with Gasteiger partial charge in [0.2, 0.25) is 0 Å². The van der Waals surface area contributed by atoms with Crippen LogP contribution in [0.1, 0.15) is 22.3 Å². The van der Waals surface area contributed by atoms with Gasteiger partial charge in [-0.15, -0.1) is 0 Å². The van der Waals surface area contributed by atoms with Crippen molar-refractivity contribution < 1.29 is 4.79 Å². The number of amides is 1. The quantitative estimate of drug-likeness (QED) is 0.397. The maximum absolute atomic E-state index is 13.3. The number of hydrogen-bond acceptors (Lipinski definition) is 4. The van der Waals surface area contributed by atoms with E-state index in [1.165, 1.54) is 0 Å². The average Bonchev–Trinajstić information content (AvgIpc) is 3.35. The Morgan fingerprint density at radius 2 is 2.11 bits per heavy atom. The van der Waals surface area contributed by atoms with Crippen molar-refractivity contribution in [2.75, 3.05) is 11.4 Å². The third kappa shape index (κ3) is 4.00. The molecule has 0 bridgehead atoms. The Hall–Kier alpha value is -2.51. The van der Waals surface area contributed by atoms with Crippen molar-refractivity contribution in [3.8, 4) is 0 Å². The number of halogens is 1. The molecule has 28 heavy (non-hydrogen) atoms. The summed E-state index contributed by atoms with van der Waals surface area (Å²) in [7, 11) is 0. The van der Waals surface area contributed by atoms with Gasteiger partial charge in [0, 0.05) is 35.5 Å². The summed E-state index contributed by atoms with van der Waals surface area (Å²) in [5, 5.41) is 0.736. The smallest absolute Gasteiger partial charge is 0.260 e. The Balaban J connectivity index is 1.65. The first kappa shape index (κ1) is 18.8. The number of aromatic nitrogens is 3. The minimum Gasteiger partial charge on any atom is -0.337 e. The van der Waals surface area contributed by atoms with Crippen molar-refractivity contribution in [3.05, 3.63) is 76.8 Å². The van der Waals surface area contributed by atoms with E-state index in [-0.39, 0.29) is 5.91 Å². The van der Waals surface area contributed by atoms with Gasteiger partial charge in [-0.25, -0.2) is 9.97 Å². The summed E-state index contributed by atoms with van der Waals surface area (Å²) in [5.74, 6) is -0.0383. The van der Waals surface area contributed by atoms with Gasteiger partial charge >= 0.3 is 0 Å². The highest BCUT2D eigenvalue weighted by atomic mass is 79.9. The molecule has 0 radical (unpaired) electrons. The molecule has 0 atom stereocenters. The molecule has 7 heteroatoms. The molecule has 0 fully saturated rings. The summed E-state index contributed by atoms with van der Waals surface area (Å²) in [4.78, 5) is 24.0. The molecule has 0 aliphatic rings. The van der Waals surface area contributed by atoms with Crippen LogP contribution in [0.5, 0.6) is 0 Å². The number of fused-ring (bicyclic) bond motifs is 1. The van der Waals surface area contributed by atoms with Gasteiger partial charge in [-0.2, -0.15) is 0 Å². The minimum absolute atomic E-state index is 0.0383. The van der Waals surface area contributed by atoms with E-state index < -0.39 is 0 Å². The van der Waals surface area contributed by atoms with Crippen LogP contribution in [0, 0.1) is 6.92 Å². The Morgan fingerprint density at radius 3 is 2.86 bits per heavy atom. The number of para-hydroxylation sites is 1. The van der Waals surface area contributed by atoms with Crippen molar-refractivity contribution in [1.29, 1.82) is 0 Å². The van der Waals surface area contributed by atoms with Gasteiger partial charge in [-0.1, -0.05) is 45.5 Å². The highest BCUT2D eigenvalue weighted by molar-refractivity contribution is 9.10. The van der Waals surface area contributed by atoms with Gasteiger partial charge in [0.05, 0.1) is 16.5 Å². The molecule has 0 unspecified atom stereocenters. The van der Waals surface area contributed by atoms with Gasteiger partial charge in [0.1, 0.15) is 0 Å². The maximum atomic E-state index is 13.3. The van der Waals surface area contributed by atoms with E-state index >= 15 is 0 Å². The summed E-state index contributed by atoms with van der Waals surface area (Å²) in [6, 6.07) is 13.6. The molecule has 4 aromatic rings. The fraction of sp³-hybridized carbons (Fsp3) is 0.190. The van der Waals surface area contributed by atoms with E-state index in [2.05, 4.69) is 27.0 Å². The minimum atomic E-state index is -0.0383. The van der Waals surface area contributed by atoms with Crippen molar-refractivity contribution in [3.63, 3.8) is 0 Å². The summed E-state index contributed by atoms with van der Waals surface area (Å²) in [6.45, 7) is 3.43. The second-order valence-corrected chi connectivity index (χ2v) is 8.46. The van der Waals surface area contributed by atoms with Crippen molar-refractivity contribution in [2.24, 2.45) is 0 Å². The number of rotatable bonds is 6. The predicted molar refractivity (Wildman–Crippen MR) is 117 cm³/mol. The Morgan fingerprint density at radius 1 is 1.25 bits per heavy atom. The third-order valence-corrected chi connectivity index (χ3v) is 6.05. The Bertz CT molecular complexity index is 1110. The van der Waals surface area contributed by atoms with E-state index in [9.17, 15) is 4.79 Å². The summed E-state index contributed by atoms with van der Waals surface area (Å²) >= 11 is 5.02. The van der Waals surface area contributed by atoms with Gasteiger partial charge < -0.3 is 4.57 Å². The predicted octanol–water partition coefficient (Wildman–Crippen LogP) is 5.30. The monoisotopic (exact) mass is 454 g/mol. The molecule has 2 aromatic carbocycles. The molecule has 0 spiro atoms. The summed E-state index contributed by atoms with van der Waals surface area (Å²) in [6.07, 6.45) is 6.30. The molecule has 0 saturated carbocycles. The fourth-order valence-electron chi connectivity index (χ4n) is 3.08. The maximum Gasteiger partial charge on any atom is 0.260 e. The normalized spacial score (nSPS) is 11.1. The van der Waals surface area contributed by atoms with Gasteiger partial charge in [-0.3, -0.25) is 9.69 Å². The van der Waals surface area contributed by atoms with Crippen molar-refractivity contribution in [2.45, 2.75) is 19.9 Å². The van der Waals surface area contributed by atoms with Gasteiger partial charge in [-0.05, 0) is 43.2 Å². The lowest BCUT2D eigenvalue weighted by atomic mass is 10.2. The number of nitrogens with zero attached hydrogens (tertiary/aromatic N) is 4. The molecule has 0 aliphatic heterocycles. The molecular formula is C21H19BrN4OS. The number of anilines is 1. The molecule has 4 rings (SSSR count). The largest absolute Gasteiger partial charge is 0.337 e. The third-order valence-electron chi connectivity index (χ3n) is 4.51. The number of thiazole rings is 1. The zero-order chi connectivity index (χ0) is 19.5. The van der Waals surface area contributed by atoms with Crippen molar-refractivity contribution >= 4 is 48.5 Å². The van der Waals surface area contributed by atoms with Gasteiger partial charge in [0.25, 0.3) is 5.91 Å². The highest BCUT2D eigenvalue weighted by Crippen LogP contribution is 2.31. The first-order valence-corrected chi connectivity index (χ1v) is 10.6. The molecule has 0 N–H and O–H groups in total. The zero-order valence-electron chi connectivity index (χ0n) is 15.4. The van der Waals surface area contributed by atoms with E-state index in [0.29, 0.717) is 12.1 Å². The second-order valence-electron chi connectivity index (χ2n) is 6.54. The molecule has 142 valence electrons. The topological polar surface area (TPSA) is 51.0 Å². The second kappa shape index (κ2) is 8.24. The molecule has 0 aliphatic carbocycles. The summed E-state index contributed by atoms with van der Waals surface area (Å²) in [5.41, 5.74) is 2.73. The first-order valence-electron chi connectivity index (χ1n) is 9.01. The molecule has 0 saturated heterocycles. The molecule has 5 nitrogen and oxygen atoms in total. The zero-order valence-corrected chi connectivity index (χ0v) is 17.8. The number of benzene rings is 2. The van der Waals surface area contributed by atoms with Crippen LogP contribution < -0.4 is 4.90 Å². The Kier molecular flexibility index (Phi) is 5.54. The standard InChI is InChI=1S/C21H19BrN4OS/c1-15-5-2-8-18-19(15)24-21(28-18)26(11-4-10-25-12-9-23-14-25)20(27)16-6-3-7-17(22)13-16/h2-3,5-9,12-14H,4,10-11H2,1H3. The van der Waals surface area contributed by atoms with E-state index in [1.54, 1.807) is 28.8 Å². The fourth-order valence-corrected chi connectivity index (χ4v) is 4.55. The van der Waals surface area contributed by atoms with Crippen LogP contribution >= 0.6 is 27.3 Å². The van der Waals surface area contributed by atoms with Crippen LogP contribution in [0.25, 0.3) is 10.2 Å². The number of hydrogen-bond donors (Lipinski definition) is 0. The number of carbonyl (C=O) groups is 1. The molecule has 1 amide bonds. The van der Waals surface area contributed by atoms with Gasteiger partial charge in [0.15, 0.2) is 5.13 Å². The van der Waals surface area contributed by atoms with E-state index in [0.717, 1.165) is 38.3 Å². The first-order chi connectivity index (χ1) is 13.6. The lowest BCUT2D eigenvalue weighted by Gasteiger charge is -2.20. The van der Waals surface area contributed by atoms with Crippen LogP contribution in [0.4, 0.5) is 5.13 Å². The molecule has 2 aromatic heterocycles. The van der Waals surface area contributed by atoms with Crippen LogP contribution in [-0.4, -0.2) is 27.0 Å². The van der Waals surface area contributed by atoms with Crippen LogP contribution in [0.3, 0.4) is 0 Å². The Labute approximate surface area is 175 Å². The average molecular weight is 455 g/mol. The summed E-state index contributed by atoms with van der Waals surface area (Å²) < 4.78 is 4.00.